The van der Waals surface area contributed by atoms with Crippen LogP contribution in [0.25, 0.3) is 11.0 Å². The van der Waals surface area contributed by atoms with Crippen LogP contribution in [0.15, 0.2) is 27.4 Å². The molecule has 0 unspecified atom stereocenters. The Balaban J connectivity index is 2.04. The Kier molecular flexibility index (Phi) is 4.39. The van der Waals surface area contributed by atoms with E-state index in [0.29, 0.717) is 35.3 Å². The first-order valence-corrected chi connectivity index (χ1v) is 8.33. The highest BCUT2D eigenvalue weighted by molar-refractivity contribution is 6.38. The van der Waals surface area contributed by atoms with Crippen LogP contribution in [0.2, 0.25) is 10.0 Å². The summed E-state index contributed by atoms with van der Waals surface area (Å²) in [5, 5.41) is 1.22. The van der Waals surface area contributed by atoms with Crippen molar-refractivity contribution in [3.63, 3.8) is 0 Å². The summed E-state index contributed by atoms with van der Waals surface area (Å²) in [6.07, 6.45) is 1.08. The molecular formula is C17H17Cl2NO3. The van der Waals surface area contributed by atoms with Gasteiger partial charge in [-0.15, -0.1) is 0 Å². The van der Waals surface area contributed by atoms with Crippen LogP contribution in [0.1, 0.15) is 30.6 Å². The van der Waals surface area contributed by atoms with Gasteiger partial charge >= 0.3 is 5.63 Å². The highest BCUT2D eigenvalue weighted by atomic mass is 35.5. The predicted molar refractivity (Wildman–Crippen MR) is 91.4 cm³/mol. The van der Waals surface area contributed by atoms with E-state index in [1.54, 1.807) is 11.0 Å². The summed E-state index contributed by atoms with van der Waals surface area (Å²) in [7, 11) is 0. The molecule has 1 aliphatic heterocycles. The van der Waals surface area contributed by atoms with Crippen LogP contribution in [0.4, 0.5) is 0 Å². The minimum absolute atomic E-state index is 0.0251. The number of benzene rings is 1. The van der Waals surface area contributed by atoms with E-state index in [9.17, 15) is 9.59 Å². The second kappa shape index (κ2) is 6.17. The lowest BCUT2D eigenvalue weighted by atomic mass is 9.91. The quantitative estimate of drug-likeness (QED) is 0.721. The zero-order valence-electron chi connectivity index (χ0n) is 12.9. The number of rotatable bonds is 1. The molecule has 4 nitrogen and oxygen atoms in total. The van der Waals surface area contributed by atoms with Gasteiger partial charge in [-0.25, -0.2) is 4.79 Å². The molecule has 1 aromatic carbocycles. The number of hydrogen-bond donors (Lipinski definition) is 0. The molecule has 2 heterocycles. The fourth-order valence-electron chi connectivity index (χ4n) is 3.31. The maximum atomic E-state index is 12.7. The summed E-state index contributed by atoms with van der Waals surface area (Å²) in [6.45, 7) is 5.52. The second-order valence-corrected chi connectivity index (χ2v) is 7.25. The third-order valence-electron chi connectivity index (χ3n) is 4.14. The Hall–Kier alpha value is -1.52. The van der Waals surface area contributed by atoms with Crippen molar-refractivity contribution >= 4 is 40.1 Å². The van der Waals surface area contributed by atoms with E-state index in [0.717, 1.165) is 6.42 Å². The molecule has 0 aliphatic carbocycles. The molecule has 1 amide bonds. The van der Waals surface area contributed by atoms with Crippen LogP contribution >= 0.6 is 23.2 Å². The lowest BCUT2D eigenvalue weighted by Crippen LogP contribution is -2.43. The van der Waals surface area contributed by atoms with Gasteiger partial charge in [-0.3, -0.25) is 4.79 Å². The Morgan fingerprint density at radius 3 is 2.48 bits per heavy atom. The van der Waals surface area contributed by atoms with Gasteiger partial charge in [0, 0.05) is 23.5 Å². The van der Waals surface area contributed by atoms with E-state index in [2.05, 4.69) is 13.8 Å². The number of piperidine rings is 1. The first-order valence-electron chi connectivity index (χ1n) is 7.57. The molecule has 23 heavy (non-hydrogen) atoms. The van der Waals surface area contributed by atoms with E-state index in [1.165, 1.54) is 12.1 Å². The fourth-order valence-corrected chi connectivity index (χ4v) is 3.85. The fraction of sp³-hybridized carbons (Fsp3) is 0.412. The molecular weight excluding hydrogens is 337 g/mol. The Morgan fingerprint density at radius 1 is 1.17 bits per heavy atom. The zero-order chi connectivity index (χ0) is 16.7. The van der Waals surface area contributed by atoms with Crippen LogP contribution < -0.4 is 5.63 Å². The number of hydrogen-bond acceptors (Lipinski definition) is 3. The summed E-state index contributed by atoms with van der Waals surface area (Å²) in [6, 6.07) is 4.65. The van der Waals surface area contributed by atoms with Crippen molar-refractivity contribution < 1.29 is 9.21 Å². The third kappa shape index (κ3) is 3.24. The van der Waals surface area contributed by atoms with Gasteiger partial charge in [0.2, 0.25) is 0 Å². The Labute approximate surface area is 144 Å². The van der Waals surface area contributed by atoms with Crippen LogP contribution in [-0.2, 0) is 0 Å². The molecule has 0 radical (unpaired) electrons. The summed E-state index contributed by atoms with van der Waals surface area (Å²) in [4.78, 5) is 26.7. The molecule has 1 saturated heterocycles. The largest absolute Gasteiger partial charge is 0.421 e. The van der Waals surface area contributed by atoms with E-state index in [-0.39, 0.29) is 22.1 Å². The van der Waals surface area contributed by atoms with Gasteiger partial charge in [-0.2, -0.15) is 0 Å². The third-order valence-corrected chi connectivity index (χ3v) is 4.64. The predicted octanol–water partition coefficient (Wildman–Crippen LogP) is 4.22. The van der Waals surface area contributed by atoms with Crippen LogP contribution in [-0.4, -0.2) is 23.9 Å². The normalized spacial score (nSPS) is 21.7. The number of likely N-dealkylation sites (tertiary alicyclic amines) is 1. The van der Waals surface area contributed by atoms with Gasteiger partial charge in [0.05, 0.1) is 5.02 Å². The summed E-state index contributed by atoms with van der Waals surface area (Å²) in [5.74, 6) is 0.535. The molecule has 0 saturated carbocycles. The number of fused-ring (bicyclic) bond motifs is 1. The van der Waals surface area contributed by atoms with Gasteiger partial charge < -0.3 is 9.32 Å². The van der Waals surface area contributed by atoms with Crippen molar-refractivity contribution in [2.45, 2.75) is 20.3 Å². The smallest absolute Gasteiger partial charge is 0.349 e. The molecule has 3 rings (SSSR count). The summed E-state index contributed by atoms with van der Waals surface area (Å²) in [5.41, 5.74) is -0.396. The molecule has 0 N–H and O–H groups in total. The number of carbonyl (C=O) groups excluding carboxylic acids is 1. The zero-order valence-corrected chi connectivity index (χ0v) is 14.4. The van der Waals surface area contributed by atoms with E-state index in [1.807, 2.05) is 0 Å². The number of carbonyl (C=O) groups is 1. The summed E-state index contributed by atoms with van der Waals surface area (Å²) >= 11 is 12.0. The molecule has 0 spiro atoms. The molecule has 1 fully saturated rings. The van der Waals surface area contributed by atoms with E-state index < -0.39 is 5.63 Å². The van der Waals surface area contributed by atoms with Crippen molar-refractivity contribution in [3.05, 3.63) is 44.2 Å². The molecule has 0 bridgehead atoms. The molecule has 122 valence electrons. The number of halogens is 2. The minimum Gasteiger partial charge on any atom is -0.421 e. The van der Waals surface area contributed by atoms with Crippen molar-refractivity contribution in [1.82, 2.24) is 4.90 Å². The number of amides is 1. The number of nitrogens with zero attached hydrogens (tertiary/aromatic N) is 1. The van der Waals surface area contributed by atoms with Crippen LogP contribution in [0.5, 0.6) is 0 Å². The van der Waals surface area contributed by atoms with Gasteiger partial charge in [-0.1, -0.05) is 37.0 Å². The van der Waals surface area contributed by atoms with Crippen LogP contribution in [0.3, 0.4) is 0 Å². The van der Waals surface area contributed by atoms with Crippen molar-refractivity contribution in [1.29, 1.82) is 0 Å². The lowest BCUT2D eigenvalue weighted by molar-refractivity contribution is 0.0619. The monoisotopic (exact) mass is 353 g/mol. The average molecular weight is 354 g/mol. The van der Waals surface area contributed by atoms with Crippen molar-refractivity contribution in [2.75, 3.05) is 13.1 Å². The molecule has 2 atom stereocenters. The van der Waals surface area contributed by atoms with Crippen molar-refractivity contribution in [2.24, 2.45) is 11.8 Å². The van der Waals surface area contributed by atoms with Gasteiger partial charge in [0.25, 0.3) is 5.91 Å². The SMILES string of the molecule is C[C@@H]1C[C@H](C)CN(C(=O)c2cc3cc(Cl)cc(Cl)c3oc2=O)C1. The topological polar surface area (TPSA) is 50.5 Å². The maximum absolute atomic E-state index is 12.7. The second-order valence-electron chi connectivity index (χ2n) is 6.41. The first kappa shape index (κ1) is 16.3. The Bertz CT molecular complexity index is 820. The van der Waals surface area contributed by atoms with E-state index in [4.69, 9.17) is 27.6 Å². The lowest BCUT2D eigenvalue weighted by Gasteiger charge is -2.34. The molecule has 1 aromatic heterocycles. The van der Waals surface area contributed by atoms with Gasteiger partial charge in [0.15, 0.2) is 5.58 Å². The van der Waals surface area contributed by atoms with Crippen molar-refractivity contribution in [3.8, 4) is 0 Å². The molecule has 6 heteroatoms. The highest BCUT2D eigenvalue weighted by Crippen LogP contribution is 2.28. The summed E-state index contributed by atoms with van der Waals surface area (Å²) < 4.78 is 5.25. The molecule has 1 aliphatic rings. The standard InChI is InChI=1S/C17H17Cl2NO3/c1-9-3-10(2)8-20(7-9)16(21)13-5-11-4-12(18)6-14(19)15(11)23-17(13)22/h4-6,9-10H,3,7-8H2,1-2H3/t9-,10+. The average Bonchev–Trinajstić information content (AvgIpc) is 2.46. The maximum Gasteiger partial charge on any atom is 0.349 e. The first-order chi connectivity index (χ1) is 10.8. The van der Waals surface area contributed by atoms with Gasteiger partial charge in [-0.05, 0) is 36.5 Å². The molecule has 2 aromatic rings. The highest BCUT2D eigenvalue weighted by Gasteiger charge is 2.28. The van der Waals surface area contributed by atoms with Crippen LogP contribution in [0, 0.1) is 11.8 Å². The van der Waals surface area contributed by atoms with E-state index >= 15 is 0 Å². The minimum atomic E-state index is -0.669. The Morgan fingerprint density at radius 2 is 1.83 bits per heavy atom. The van der Waals surface area contributed by atoms with Gasteiger partial charge in [0.1, 0.15) is 5.56 Å².